The predicted octanol–water partition coefficient (Wildman–Crippen LogP) is 4.25. The van der Waals surface area contributed by atoms with E-state index in [0.717, 1.165) is 16.8 Å². The van der Waals surface area contributed by atoms with Gasteiger partial charge in [0.25, 0.3) is 5.56 Å². The molecule has 4 rings (SSSR count). The zero-order valence-corrected chi connectivity index (χ0v) is 15.4. The lowest BCUT2D eigenvalue weighted by molar-refractivity contribution is 0.745. The zero-order chi connectivity index (χ0) is 18.3. The average Bonchev–Trinajstić information content (AvgIpc) is 3.05. The van der Waals surface area contributed by atoms with E-state index in [0.29, 0.717) is 27.6 Å². The number of nitrogens with zero attached hydrogens (tertiary/aromatic N) is 4. The molecule has 2 heterocycles. The van der Waals surface area contributed by atoms with Gasteiger partial charge in [0.1, 0.15) is 11.7 Å². The molecule has 0 saturated carbocycles. The number of hydrogen-bond acceptors (Lipinski definition) is 3. The molecule has 7 heteroatoms. The molecule has 2 aromatic carbocycles. The Morgan fingerprint density at radius 3 is 2.65 bits per heavy atom. The highest BCUT2D eigenvalue weighted by Gasteiger charge is 2.13. The van der Waals surface area contributed by atoms with Gasteiger partial charge in [-0.05, 0) is 36.2 Å². The Morgan fingerprint density at radius 2 is 1.88 bits per heavy atom. The molecule has 0 bridgehead atoms. The number of aromatic nitrogens is 4. The van der Waals surface area contributed by atoms with Crippen LogP contribution in [-0.2, 0) is 6.54 Å². The first-order valence-corrected chi connectivity index (χ1v) is 8.73. The summed E-state index contributed by atoms with van der Waals surface area (Å²) in [5.74, 6) is 0. The first-order chi connectivity index (χ1) is 12.5. The second-order valence-corrected chi connectivity index (χ2v) is 6.82. The fraction of sp³-hybridized carbons (Fsp3) is 0.105. The van der Waals surface area contributed by atoms with Gasteiger partial charge in [-0.2, -0.15) is 5.10 Å². The van der Waals surface area contributed by atoms with Gasteiger partial charge in [-0.25, -0.2) is 9.67 Å². The van der Waals surface area contributed by atoms with Crippen LogP contribution in [-0.4, -0.2) is 19.3 Å². The number of para-hydroxylation sites is 1. The number of benzene rings is 2. The van der Waals surface area contributed by atoms with Crippen molar-refractivity contribution in [2.24, 2.45) is 0 Å². The Morgan fingerprint density at radius 1 is 1.08 bits per heavy atom. The normalized spacial score (nSPS) is 11.2. The van der Waals surface area contributed by atoms with Crippen LogP contribution < -0.4 is 5.56 Å². The molecular weight excluding hydrogens is 371 g/mol. The van der Waals surface area contributed by atoms with Crippen molar-refractivity contribution in [2.45, 2.75) is 13.5 Å². The van der Waals surface area contributed by atoms with Crippen molar-refractivity contribution in [3.63, 3.8) is 0 Å². The Kier molecular flexibility index (Phi) is 4.26. The maximum atomic E-state index is 12.8. The van der Waals surface area contributed by atoms with Crippen molar-refractivity contribution >= 4 is 34.2 Å². The quantitative estimate of drug-likeness (QED) is 0.530. The summed E-state index contributed by atoms with van der Waals surface area (Å²) in [5.41, 5.74) is 3.21. The Balaban J connectivity index is 1.78. The average molecular weight is 385 g/mol. The molecule has 0 amide bonds. The summed E-state index contributed by atoms with van der Waals surface area (Å²) < 4.78 is 3.22. The first kappa shape index (κ1) is 16.8. The van der Waals surface area contributed by atoms with Crippen LogP contribution in [0.5, 0.6) is 0 Å². The molecule has 0 aliphatic rings. The van der Waals surface area contributed by atoms with Gasteiger partial charge in [0.15, 0.2) is 5.65 Å². The largest absolute Gasteiger partial charge is 0.294 e. The summed E-state index contributed by atoms with van der Waals surface area (Å²) in [6.45, 7) is 2.35. The van der Waals surface area contributed by atoms with E-state index in [-0.39, 0.29) is 5.56 Å². The number of aryl methyl sites for hydroxylation is 1. The minimum Gasteiger partial charge on any atom is -0.294 e. The summed E-state index contributed by atoms with van der Waals surface area (Å²) in [4.78, 5) is 17.3. The van der Waals surface area contributed by atoms with Crippen LogP contribution in [0.25, 0.3) is 16.7 Å². The van der Waals surface area contributed by atoms with E-state index < -0.39 is 0 Å². The molecule has 0 fully saturated rings. The van der Waals surface area contributed by atoms with Gasteiger partial charge in [-0.15, -0.1) is 0 Å². The molecule has 0 spiro atoms. The van der Waals surface area contributed by atoms with Crippen molar-refractivity contribution in [1.29, 1.82) is 0 Å². The predicted molar refractivity (Wildman–Crippen MR) is 103 cm³/mol. The number of rotatable bonds is 3. The van der Waals surface area contributed by atoms with Gasteiger partial charge in [-0.3, -0.25) is 9.36 Å². The standard InChI is InChI=1S/C19H14Cl2N4O/c1-12-4-2-3-5-17(12)25-18-14(9-23-25)19(26)24(11-22-18)10-13-6-7-15(20)16(21)8-13/h2-9,11H,10H2,1H3. The molecule has 0 N–H and O–H groups in total. The Labute approximate surface area is 159 Å². The Hall–Kier alpha value is -2.63. The molecule has 130 valence electrons. The van der Waals surface area contributed by atoms with Crippen molar-refractivity contribution in [1.82, 2.24) is 19.3 Å². The van der Waals surface area contributed by atoms with Gasteiger partial charge in [0, 0.05) is 0 Å². The van der Waals surface area contributed by atoms with Crippen LogP contribution in [0.2, 0.25) is 10.0 Å². The van der Waals surface area contributed by atoms with Crippen molar-refractivity contribution < 1.29 is 0 Å². The highest BCUT2D eigenvalue weighted by atomic mass is 35.5. The summed E-state index contributed by atoms with van der Waals surface area (Å²) in [6, 6.07) is 13.1. The first-order valence-electron chi connectivity index (χ1n) is 7.97. The van der Waals surface area contributed by atoms with Crippen LogP contribution in [0.1, 0.15) is 11.1 Å². The van der Waals surface area contributed by atoms with E-state index in [4.69, 9.17) is 23.2 Å². The van der Waals surface area contributed by atoms with Gasteiger partial charge in [0.2, 0.25) is 0 Å². The van der Waals surface area contributed by atoms with Gasteiger partial charge < -0.3 is 0 Å². The van der Waals surface area contributed by atoms with Crippen molar-refractivity contribution in [3.8, 4) is 5.69 Å². The van der Waals surface area contributed by atoms with Crippen LogP contribution in [0, 0.1) is 6.92 Å². The van der Waals surface area contributed by atoms with E-state index in [1.54, 1.807) is 23.0 Å². The summed E-state index contributed by atoms with van der Waals surface area (Å²) >= 11 is 12.0. The van der Waals surface area contributed by atoms with E-state index in [1.165, 1.54) is 10.9 Å². The monoisotopic (exact) mass is 384 g/mol. The van der Waals surface area contributed by atoms with Gasteiger partial charge in [-0.1, -0.05) is 47.5 Å². The minimum absolute atomic E-state index is 0.152. The highest BCUT2D eigenvalue weighted by Crippen LogP contribution is 2.23. The molecule has 5 nitrogen and oxygen atoms in total. The molecule has 0 unspecified atom stereocenters. The molecule has 0 aliphatic carbocycles. The van der Waals surface area contributed by atoms with Crippen LogP contribution >= 0.6 is 23.2 Å². The maximum absolute atomic E-state index is 12.8. The Bertz CT molecular complexity index is 1180. The third-order valence-corrected chi connectivity index (χ3v) is 4.97. The lowest BCUT2D eigenvalue weighted by Gasteiger charge is -2.08. The summed E-state index contributed by atoms with van der Waals surface area (Å²) in [6.07, 6.45) is 3.09. The zero-order valence-electron chi connectivity index (χ0n) is 13.9. The fourth-order valence-electron chi connectivity index (χ4n) is 2.87. The molecule has 2 aromatic heterocycles. The van der Waals surface area contributed by atoms with Gasteiger partial charge >= 0.3 is 0 Å². The second-order valence-electron chi connectivity index (χ2n) is 6.01. The number of hydrogen-bond donors (Lipinski definition) is 0. The molecule has 0 radical (unpaired) electrons. The lowest BCUT2D eigenvalue weighted by atomic mass is 10.2. The number of fused-ring (bicyclic) bond motifs is 1. The van der Waals surface area contributed by atoms with Crippen LogP contribution in [0.3, 0.4) is 0 Å². The van der Waals surface area contributed by atoms with Gasteiger partial charge in [0.05, 0.1) is 28.5 Å². The molecule has 0 aliphatic heterocycles. The van der Waals surface area contributed by atoms with E-state index >= 15 is 0 Å². The molecule has 4 aromatic rings. The van der Waals surface area contributed by atoms with E-state index in [1.807, 2.05) is 37.3 Å². The van der Waals surface area contributed by atoms with Crippen LogP contribution in [0.15, 0.2) is 59.8 Å². The molecule has 0 saturated heterocycles. The smallest absolute Gasteiger partial charge is 0.264 e. The summed E-state index contributed by atoms with van der Waals surface area (Å²) in [7, 11) is 0. The minimum atomic E-state index is -0.152. The molecular formula is C19H14Cl2N4O. The topological polar surface area (TPSA) is 52.7 Å². The summed E-state index contributed by atoms with van der Waals surface area (Å²) in [5, 5.41) is 5.77. The number of halogens is 2. The van der Waals surface area contributed by atoms with Crippen LogP contribution in [0.4, 0.5) is 0 Å². The molecule has 26 heavy (non-hydrogen) atoms. The molecule has 0 atom stereocenters. The third-order valence-electron chi connectivity index (χ3n) is 4.24. The highest BCUT2D eigenvalue weighted by molar-refractivity contribution is 6.42. The maximum Gasteiger partial charge on any atom is 0.264 e. The van der Waals surface area contributed by atoms with Crippen molar-refractivity contribution in [2.75, 3.05) is 0 Å². The van der Waals surface area contributed by atoms with Crippen molar-refractivity contribution in [3.05, 3.63) is 86.5 Å². The van der Waals surface area contributed by atoms with E-state index in [9.17, 15) is 4.79 Å². The second kappa shape index (κ2) is 6.59. The third kappa shape index (κ3) is 2.89. The fourth-order valence-corrected chi connectivity index (χ4v) is 3.19. The lowest BCUT2D eigenvalue weighted by Crippen LogP contribution is -2.21. The van der Waals surface area contributed by atoms with E-state index in [2.05, 4.69) is 10.1 Å². The SMILES string of the molecule is Cc1ccccc1-n1ncc2c(=O)n(Cc3ccc(Cl)c(Cl)c3)cnc21.